The number of para-hydroxylation sites is 1. The fourth-order valence-corrected chi connectivity index (χ4v) is 4.51. The zero-order valence-electron chi connectivity index (χ0n) is 18.3. The minimum Gasteiger partial charge on any atom is -0.486 e. The molecule has 0 saturated heterocycles. The van der Waals surface area contributed by atoms with Gasteiger partial charge in [0.1, 0.15) is 19.3 Å². The van der Waals surface area contributed by atoms with E-state index in [1.54, 1.807) is 36.4 Å². The molecule has 2 aromatic carbocycles. The molecule has 10 heteroatoms. The highest BCUT2D eigenvalue weighted by molar-refractivity contribution is 7.92. The van der Waals surface area contributed by atoms with E-state index in [2.05, 4.69) is 10.6 Å². The molecular formula is C22H27N3O6S. The highest BCUT2D eigenvalue weighted by Gasteiger charge is 2.31. The Balaban J connectivity index is 1.87. The molecule has 9 nitrogen and oxygen atoms in total. The van der Waals surface area contributed by atoms with Crippen LogP contribution in [0.2, 0.25) is 0 Å². The molecule has 0 saturated carbocycles. The normalized spacial score (nSPS) is 13.7. The number of fused-ring (bicyclic) bond motifs is 1. The number of nitrogens with one attached hydrogen (secondary N) is 2. The van der Waals surface area contributed by atoms with Gasteiger partial charge in [0.15, 0.2) is 11.5 Å². The summed E-state index contributed by atoms with van der Waals surface area (Å²) in [4.78, 5) is 25.5. The Labute approximate surface area is 187 Å². The van der Waals surface area contributed by atoms with Crippen LogP contribution in [0.15, 0.2) is 42.5 Å². The molecular weight excluding hydrogens is 434 g/mol. The number of hydrogen-bond acceptors (Lipinski definition) is 6. The molecule has 1 atom stereocenters. The third-order valence-electron chi connectivity index (χ3n) is 4.83. The molecule has 2 amide bonds. The molecule has 1 heterocycles. The van der Waals surface area contributed by atoms with Crippen molar-refractivity contribution in [3.05, 3.63) is 48.0 Å². The number of carbonyl (C=O) groups is 2. The number of carbonyl (C=O) groups excluding carboxylic acids is 2. The van der Waals surface area contributed by atoms with Crippen LogP contribution in [0.5, 0.6) is 11.5 Å². The Morgan fingerprint density at radius 1 is 1.09 bits per heavy atom. The lowest BCUT2D eigenvalue weighted by Gasteiger charge is -2.29. The maximum absolute atomic E-state index is 13.0. The molecule has 32 heavy (non-hydrogen) atoms. The van der Waals surface area contributed by atoms with Crippen LogP contribution >= 0.6 is 0 Å². The van der Waals surface area contributed by atoms with E-state index < -0.39 is 22.0 Å². The molecule has 0 unspecified atom stereocenters. The average Bonchev–Trinajstić information content (AvgIpc) is 2.76. The van der Waals surface area contributed by atoms with Crippen molar-refractivity contribution in [2.75, 3.05) is 35.6 Å². The molecule has 172 valence electrons. The summed E-state index contributed by atoms with van der Waals surface area (Å²) in [6.45, 7) is 4.68. The fraction of sp³-hybridized carbons (Fsp3) is 0.364. The van der Waals surface area contributed by atoms with Gasteiger partial charge in [-0.25, -0.2) is 8.42 Å². The maximum atomic E-state index is 13.0. The molecule has 0 radical (unpaired) electrons. The van der Waals surface area contributed by atoms with Gasteiger partial charge < -0.3 is 20.1 Å². The first-order valence-electron chi connectivity index (χ1n) is 10.3. The minimum atomic E-state index is -3.82. The van der Waals surface area contributed by atoms with E-state index in [0.717, 1.165) is 17.0 Å². The molecule has 0 fully saturated rings. The summed E-state index contributed by atoms with van der Waals surface area (Å²) in [6.07, 6.45) is 1.80. The van der Waals surface area contributed by atoms with E-state index >= 15 is 0 Å². The number of hydrogen-bond donors (Lipinski definition) is 2. The average molecular weight is 462 g/mol. The van der Waals surface area contributed by atoms with Crippen molar-refractivity contribution in [3.8, 4) is 11.5 Å². The molecule has 2 aromatic rings. The lowest BCUT2D eigenvalue weighted by atomic mass is 10.1. The Morgan fingerprint density at radius 3 is 2.47 bits per heavy atom. The predicted molar refractivity (Wildman–Crippen MR) is 122 cm³/mol. The number of nitrogens with zero attached hydrogens (tertiary/aromatic N) is 1. The van der Waals surface area contributed by atoms with E-state index in [4.69, 9.17) is 9.47 Å². The number of anilines is 2. The number of amides is 2. The molecule has 3 rings (SSSR count). The van der Waals surface area contributed by atoms with Crippen molar-refractivity contribution in [1.82, 2.24) is 5.32 Å². The second-order valence-corrected chi connectivity index (χ2v) is 9.21. The van der Waals surface area contributed by atoms with Crippen LogP contribution in [0.3, 0.4) is 0 Å². The van der Waals surface area contributed by atoms with E-state index in [1.807, 2.05) is 6.92 Å². The first kappa shape index (κ1) is 23.4. The van der Waals surface area contributed by atoms with Gasteiger partial charge in [0.25, 0.3) is 5.91 Å². The largest absolute Gasteiger partial charge is 0.486 e. The molecule has 2 N–H and O–H groups in total. The van der Waals surface area contributed by atoms with Gasteiger partial charge >= 0.3 is 0 Å². The molecule has 1 aliphatic heterocycles. The van der Waals surface area contributed by atoms with Crippen molar-refractivity contribution in [2.45, 2.75) is 26.3 Å². The highest BCUT2D eigenvalue weighted by Crippen LogP contribution is 2.35. The highest BCUT2D eigenvalue weighted by atomic mass is 32.2. The van der Waals surface area contributed by atoms with Crippen molar-refractivity contribution >= 4 is 33.2 Å². The zero-order chi connectivity index (χ0) is 23.3. The van der Waals surface area contributed by atoms with Crippen LogP contribution in [-0.2, 0) is 14.8 Å². The van der Waals surface area contributed by atoms with Crippen LogP contribution in [0.4, 0.5) is 11.4 Å². The van der Waals surface area contributed by atoms with Crippen molar-refractivity contribution in [1.29, 1.82) is 0 Å². The second kappa shape index (κ2) is 9.90. The quantitative estimate of drug-likeness (QED) is 0.624. The third-order valence-corrected chi connectivity index (χ3v) is 6.08. The number of rotatable bonds is 8. The molecule has 1 aliphatic rings. The van der Waals surface area contributed by atoms with Gasteiger partial charge in [-0.1, -0.05) is 19.1 Å². The van der Waals surface area contributed by atoms with E-state index in [0.29, 0.717) is 42.5 Å². The Kier molecular flexibility index (Phi) is 7.24. The second-order valence-electron chi connectivity index (χ2n) is 7.35. The molecule has 0 bridgehead atoms. The van der Waals surface area contributed by atoms with Crippen molar-refractivity contribution in [3.63, 3.8) is 0 Å². The van der Waals surface area contributed by atoms with Crippen molar-refractivity contribution in [2.24, 2.45) is 0 Å². The molecule has 0 spiro atoms. The topological polar surface area (TPSA) is 114 Å². The Morgan fingerprint density at radius 2 is 1.78 bits per heavy atom. The summed E-state index contributed by atoms with van der Waals surface area (Å²) < 4.78 is 37.2. The van der Waals surface area contributed by atoms with Crippen LogP contribution < -0.4 is 24.4 Å². The lowest BCUT2D eigenvalue weighted by molar-refractivity contribution is -0.116. The van der Waals surface area contributed by atoms with Gasteiger partial charge in [-0.05, 0) is 37.6 Å². The minimum absolute atomic E-state index is 0.272. The molecule has 0 aromatic heterocycles. The zero-order valence-corrected chi connectivity index (χ0v) is 19.1. The van der Waals surface area contributed by atoms with Gasteiger partial charge in [0, 0.05) is 12.6 Å². The van der Waals surface area contributed by atoms with Gasteiger partial charge in [-0.15, -0.1) is 0 Å². The van der Waals surface area contributed by atoms with Crippen LogP contribution in [-0.4, -0.2) is 52.3 Å². The monoisotopic (exact) mass is 461 g/mol. The first-order valence-corrected chi connectivity index (χ1v) is 12.1. The molecule has 0 aliphatic carbocycles. The van der Waals surface area contributed by atoms with Crippen LogP contribution in [0.1, 0.15) is 30.6 Å². The van der Waals surface area contributed by atoms with Crippen LogP contribution in [0.25, 0.3) is 0 Å². The lowest BCUT2D eigenvalue weighted by Crippen LogP contribution is -2.45. The van der Waals surface area contributed by atoms with E-state index in [1.165, 1.54) is 13.0 Å². The Hall–Kier alpha value is -3.27. The fourth-order valence-electron chi connectivity index (χ4n) is 3.34. The number of ether oxygens (including phenoxy) is 2. The SMILES string of the molecule is CCCNC(=O)c1ccccc1NC(=O)[C@@H](C)N(c1ccc2c(c1)OCCO2)S(C)(=O)=O. The summed E-state index contributed by atoms with van der Waals surface area (Å²) in [5.74, 6) is 0.0220. The Bertz CT molecular complexity index is 1100. The standard InChI is InChI=1S/C22H27N3O6S/c1-4-11-23-22(27)17-7-5-6-8-18(17)24-21(26)15(2)25(32(3,28)29)16-9-10-19-20(14-16)31-13-12-30-19/h5-10,14-15H,4,11-13H2,1-3H3,(H,23,27)(H,24,26)/t15-/m1/s1. The third kappa shape index (κ3) is 5.31. The van der Waals surface area contributed by atoms with Gasteiger partial charge in [0.2, 0.25) is 15.9 Å². The van der Waals surface area contributed by atoms with Crippen molar-refractivity contribution < 1.29 is 27.5 Å². The first-order chi connectivity index (χ1) is 15.2. The summed E-state index contributed by atoms with van der Waals surface area (Å²) in [7, 11) is -3.82. The predicted octanol–water partition coefficient (Wildman–Crippen LogP) is 2.39. The number of benzene rings is 2. The van der Waals surface area contributed by atoms with E-state index in [-0.39, 0.29) is 11.6 Å². The maximum Gasteiger partial charge on any atom is 0.253 e. The van der Waals surface area contributed by atoms with Gasteiger partial charge in [-0.2, -0.15) is 0 Å². The van der Waals surface area contributed by atoms with E-state index in [9.17, 15) is 18.0 Å². The number of sulfonamides is 1. The summed E-state index contributed by atoms with van der Waals surface area (Å²) in [5.41, 5.74) is 0.869. The van der Waals surface area contributed by atoms with Crippen LogP contribution in [0, 0.1) is 0 Å². The summed E-state index contributed by atoms with van der Waals surface area (Å²) >= 11 is 0. The summed E-state index contributed by atoms with van der Waals surface area (Å²) in [6, 6.07) is 10.2. The summed E-state index contributed by atoms with van der Waals surface area (Å²) in [5, 5.41) is 5.46. The smallest absolute Gasteiger partial charge is 0.253 e. The van der Waals surface area contributed by atoms with Gasteiger partial charge in [-0.3, -0.25) is 13.9 Å². The van der Waals surface area contributed by atoms with Gasteiger partial charge in [0.05, 0.1) is 23.2 Å².